The van der Waals surface area contributed by atoms with Gasteiger partial charge in [-0.25, -0.2) is 9.37 Å². The number of aromatic amines is 1. The number of halogens is 4. The van der Waals surface area contributed by atoms with Gasteiger partial charge in [0.2, 0.25) is 0 Å². The summed E-state index contributed by atoms with van der Waals surface area (Å²) < 4.78 is 26.0. The first-order valence-corrected chi connectivity index (χ1v) is 10.7. The molecule has 8 heteroatoms. The lowest BCUT2D eigenvalue weighted by Crippen LogP contribution is -1.99. The molecule has 3 aromatic carbocycles. The lowest BCUT2D eigenvalue weighted by molar-refractivity contribution is 0.297. The number of imidazole rings is 1. The summed E-state index contributed by atoms with van der Waals surface area (Å²) in [5.41, 5.74) is 2.80. The second-order valence-corrected chi connectivity index (χ2v) is 8.48. The second kappa shape index (κ2) is 9.30. The molecule has 1 N–H and O–H groups in total. The molecular formula is C23H16BrCl2FN2O2. The van der Waals surface area contributed by atoms with Crippen LogP contribution in [0.5, 0.6) is 11.5 Å². The van der Waals surface area contributed by atoms with Crippen molar-refractivity contribution in [1.82, 2.24) is 9.97 Å². The van der Waals surface area contributed by atoms with E-state index in [9.17, 15) is 4.39 Å². The largest absolute Gasteiger partial charge is 0.496 e. The Balaban J connectivity index is 1.56. The van der Waals surface area contributed by atoms with Gasteiger partial charge >= 0.3 is 0 Å². The first kappa shape index (κ1) is 21.7. The number of nitrogens with zero attached hydrogens (tertiary/aromatic N) is 1. The summed E-state index contributed by atoms with van der Waals surface area (Å²) in [5, 5.41) is 1.06. The van der Waals surface area contributed by atoms with Crippen LogP contribution in [-0.2, 0) is 6.61 Å². The minimum atomic E-state index is -0.330. The maximum Gasteiger partial charge on any atom is 0.137 e. The van der Waals surface area contributed by atoms with Crippen LogP contribution in [0.3, 0.4) is 0 Å². The Morgan fingerprint density at radius 1 is 1.03 bits per heavy atom. The summed E-state index contributed by atoms with van der Waals surface area (Å²) >= 11 is 15.4. The monoisotopic (exact) mass is 520 g/mol. The van der Waals surface area contributed by atoms with Crippen LogP contribution in [0.15, 0.2) is 65.3 Å². The molecular weight excluding hydrogens is 506 g/mol. The zero-order valence-electron chi connectivity index (χ0n) is 16.3. The lowest BCUT2D eigenvalue weighted by Gasteiger charge is -2.11. The Kier molecular flexibility index (Phi) is 6.51. The van der Waals surface area contributed by atoms with Crippen LogP contribution in [0.4, 0.5) is 4.39 Å². The molecule has 4 aromatic rings. The molecule has 0 unspecified atom stereocenters. The summed E-state index contributed by atoms with van der Waals surface area (Å²) in [6.45, 7) is 0.103. The average molecular weight is 522 g/mol. The van der Waals surface area contributed by atoms with Crippen molar-refractivity contribution in [2.75, 3.05) is 7.11 Å². The van der Waals surface area contributed by atoms with Crippen molar-refractivity contribution in [3.63, 3.8) is 0 Å². The van der Waals surface area contributed by atoms with Gasteiger partial charge in [-0.05, 0) is 42.5 Å². The maximum absolute atomic E-state index is 14.0. The highest BCUT2D eigenvalue weighted by molar-refractivity contribution is 9.10. The van der Waals surface area contributed by atoms with E-state index in [0.717, 1.165) is 16.8 Å². The molecule has 4 nitrogen and oxygen atoms in total. The molecule has 0 amide bonds. The SMILES string of the molecule is COc1cc(OCc2ccc(Br)cc2F)ccc1-c1cnc(-c2cc(Cl)cc(Cl)c2)[nH]1. The maximum atomic E-state index is 14.0. The first-order valence-electron chi connectivity index (χ1n) is 9.19. The van der Waals surface area contributed by atoms with Gasteiger partial charge in [0.25, 0.3) is 0 Å². The van der Waals surface area contributed by atoms with Crippen molar-refractivity contribution in [3.8, 4) is 34.1 Å². The van der Waals surface area contributed by atoms with Crippen molar-refractivity contribution in [3.05, 3.63) is 86.7 Å². The van der Waals surface area contributed by atoms with Crippen LogP contribution >= 0.6 is 39.1 Å². The first-order chi connectivity index (χ1) is 14.9. The van der Waals surface area contributed by atoms with Crippen molar-refractivity contribution < 1.29 is 13.9 Å². The number of rotatable bonds is 6. The Bertz CT molecular complexity index is 1230. The van der Waals surface area contributed by atoms with E-state index >= 15 is 0 Å². The molecule has 0 fully saturated rings. The zero-order chi connectivity index (χ0) is 22.0. The Hall–Kier alpha value is -2.54. The third-order valence-corrected chi connectivity index (χ3v) is 5.51. The molecule has 0 saturated carbocycles. The summed E-state index contributed by atoms with van der Waals surface area (Å²) in [6.07, 6.45) is 1.71. The van der Waals surface area contributed by atoms with Crippen LogP contribution in [0, 0.1) is 5.82 Å². The Morgan fingerprint density at radius 3 is 2.52 bits per heavy atom. The smallest absolute Gasteiger partial charge is 0.137 e. The average Bonchev–Trinajstić information content (AvgIpc) is 3.22. The molecule has 0 atom stereocenters. The quantitative estimate of drug-likeness (QED) is 0.285. The summed E-state index contributed by atoms with van der Waals surface area (Å²) in [5.74, 6) is 1.45. The van der Waals surface area contributed by atoms with E-state index in [0.29, 0.717) is 37.4 Å². The molecule has 0 saturated heterocycles. The number of aromatic nitrogens is 2. The van der Waals surface area contributed by atoms with Gasteiger partial charge in [0.1, 0.15) is 29.7 Å². The predicted octanol–water partition coefficient (Wildman–Crippen LogP) is 7.54. The normalized spacial score (nSPS) is 10.9. The molecule has 1 aromatic heterocycles. The molecule has 158 valence electrons. The van der Waals surface area contributed by atoms with E-state index in [-0.39, 0.29) is 12.4 Å². The number of hydrogen-bond acceptors (Lipinski definition) is 3. The summed E-state index contributed by atoms with van der Waals surface area (Å²) in [6, 6.07) is 15.5. The highest BCUT2D eigenvalue weighted by atomic mass is 79.9. The van der Waals surface area contributed by atoms with Gasteiger partial charge in [-0.2, -0.15) is 0 Å². The fraction of sp³-hybridized carbons (Fsp3) is 0.0870. The number of H-pyrrole nitrogens is 1. The number of benzene rings is 3. The molecule has 0 spiro atoms. The molecule has 4 rings (SSSR count). The number of ether oxygens (including phenoxy) is 2. The number of methoxy groups -OCH3 is 1. The van der Waals surface area contributed by atoms with Crippen LogP contribution in [0.25, 0.3) is 22.6 Å². The van der Waals surface area contributed by atoms with Gasteiger partial charge in [-0.1, -0.05) is 45.2 Å². The van der Waals surface area contributed by atoms with E-state index in [4.69, 9.17) is 32.7 Å². The topological polar surface area (TPSA) is 47.1 Å². The Morgan fingerprint density at radius 2 is 1.81 bits per heavy atom. The zero-order valence-corrected chi connectivity index (χ0v) is 19.4. The molecule has 0 radical (unpaired) electrons. The fourth-order valence-corrected chi connectivity index (χ4v) is 3.94. The third kappa shape index (κ3) is 5.03. The van der Waals surface area contributed by atoms with Crippen molar-refractivity contribution in [1.29, 1.82) is 0 Å². The van der Waals surface area contributed by atoms with Crippen molar-refractivity contribution in [2.24, 2.45) is 0 Å². The minimum Gasteiger partial charge on any atom is -0.496 e. The molecule has 0 aliphatic carbocycles. The van der Waals surface area contributed by atoms with E-state index in [1.54, 1.807) is 55.8 Å². The van der Waals surface area contributed by atoms with Gasteiger partial charge in [0.15, 0.2) is 0 Å². The molecule has 31 heavy (non-hydrogen) atoms. The minimum absolute atomic E-state index is 0.103. The van der Waals surface area contributed by atoms with Crippen LogP contribution in [-0.4, -0.2) is 17.1 Å². The van der Waals surface area contributed by atoms with E-state index < -0.39 is 0 Å². The van der Waals surface area contributed by atoms with Crippen molar-refractivity contribution in [2.45, 2.75) is 6.61 Å². The Labute approximate surface area is 197 Å². The van der Waals surface area contributed by atoms with Crippen LogP contribution in [0.1, 0.15) is 5.56 Å². The van der Waals surface area contributed by atoms with Gasteiger partial charge in [0.05, 0.1) is 19.0 Å². The number of hydrogen-bond donors (Lipinski definition) is 1. The van der Waals surface area contributed by atoms with E-state index in [1.165, 1.54) is 6.07 Å². The predicted molar refractivity (Wildman–Crippen MR) is 124 cm³/mol. The molecule has 0 bridgehead atoms. The van der Waals surface area contributed by atoms with E-state index in [2.05, 4.69) is 25.9 Å². The van der Waals surface area contributed by atoms with Gasteiger partial charge in [-0.15, -0.1) is 0 Å². The third-order valence-electron chi connectivity index (χ3n) is 4.58. The standard InChI is InChI=1S/C23H16BrCl2FN2O2/c1-30-22-10-18(31-12-13-2-3-15(24)8-20(13)27)4-5-19(22)21-11-28-23(29-21)14-6-16(25)9-17(26)7-14/h2-11H,12H2,1H3,(H,28,29). The highest BCUT2D eigenvalue weighted by Crippen LogP contribution is 2.34. The van der Waals surface area contributed by atoms with Gasteiger partial charge in [0, 0.05) is 37.3 Å². The van der Waals surface area contributed by atoms with Crippen LogP contribution < -0.4 is 9.47 Å². The van der Waals surface area contributed by atoms with E-state index in [1.807, 2.05) is 6.07 Å². The summed E-state index contributed by atoms with van der Waals surface area (Å²) in [4.78, 5) is 7.69. The van der Waals surface area contributed by atoms with Crippen molar-refractivity contribution >= 4 is 39.1 Å². The van der Waals surface area contributed by atoms with Gasteiger partial charge < -0.3 is 14.5 Å². The summed E-state index contributed by atoms with van der Waals surface area (Å²) in [7, 11) is 1.57. The van der Waals surface area contributed by atoms with Crippen LogP contribution in [0.2, 0.25) is 10.0 Å². The number of nitrogens with one attached hydrogen (secondary N) is 1. The lowest BCUT2D eigenvalue weighted by atomic mass is 10.1. The fourth-order valence-electron chi connectivity index (χ4n) is 3.08. The highest BCUT2D eigenvalue weighted by Gasteiger charge is 2.13. The second-order valence-electron chi connectivity index (χ2n) is 6.69. The van der Waals surface area contributed by atoms with Gasteiger partial charge in [-0.3, -0.25) is 0 Å². The molecule has 0 aliphatic heterocycles. The molecule has 0 aliphatic rings. The molecule has 1 heterocycles.